The Bertz CT molecular complexity index is 813. The molecule has 0 aromatic rings. The fourth-order valence-electron chi connectivity index (χ4n) is 9.10. The fraction of sp³-hybridized carbons (Fsp3) is 0.871. The third kappa shape index (κ3) is 4.28. The quantitative estimate of drug-likeness (QED) is 0.189. The molecule has 0 aliphatic heterocycles. The zero-order valence-corrected chi connectivity index (χ0v) is 26.2. The van der Waals surface area contributed by atoms with Gasteiger partial charge in [-0.2, -0.15) is 0 Å². The first-order valence-corrected chi connectivity index (χ1v) is 16.7. The normalized spacial score (nSPS) is 39.4. The summed E-state index contributed by atoms with van der Waals surface area (Å²) in [6, 6.07) is 0. The number of rotatable bonds is 9. The maximum atomic E-state index is 12.1. The van der Waals surface area contributed by atoms with E-state index < -0.39 is 14.4 Å². The van der Waals surface area contributed by atoms with Crippen LogP contribution in [0.15, 0.2) is 24.0 Å². The van der Waals surface area contributed by atoms with E-state index in [9.17, 15) is 5.11 Å². The molecule has 6 unspecified atom stereocenters. The summed E-state index contributed by atoms with van der Waals surface area (Å²) in [6.45, 7) is 28.0. The van der Waals surface area contributed by atoms with Crippen molar-refractivity contribution in [3.63, 3.8) is 0 Å². The molecule has 2 bridgehead atoms. The number of ether oxygens (including phenoxy) is 2. The maximum absolute atomic E-state index is 12.1. The second kappa shape index (κ2) is 10.5. The fourth-order valence-corrected chi connectivity index (χ4v) is 14.4. The highest BCUT2D eigenvalue weighted by atomic mass is 28.4. The average molecular weight is 521 g/mol. The Morgan fingerprint density at radius 2 is 1.64 bits per heavy atom. The van der Waals surface area contributed by atoms with E-state index in [2.05, 4.69) is 75.8 Å². The van der Waals surface area contributed by atoms with Crippen molar-refractivity contribution in [3.05, 3.63) is 24.0 Å². The minimum atomic E-state index is -2.13. The van der Waals surface area contributed by atoms with Crippen LogP contribution in [0.3, 0.4) is 0 Å². The third-order valence-electron chi connectivity index (χ3n) is 11.3. The van der Waals surface area contributed by atoms with E-state index in [1.54, 1.807) is 7.11 Å². The molecule has 3 rings (SSSR count). The van der Waals surface area contributed by atoms with Gasteiger partial charge in [0, 0.05) is 29.8 Å². The SMILES string of the molecule is C=C[C@]1(C)CC(O)C2(C)C3=C(O[Si](C(C)C)(C(C)C)C(C)C)CCC3(CCC2C)C(C)C1OCOC. The lowest BCUT2D eigenvalue weighted by atomic mass is 9.46. The molecule has 0 saturated heterocycles. The Balaban J connectivity index is 2.29. The first kappa shape index (κ1) is 29.9. The van der Waals surface area contributed by atoms with Crippen molar-refractivity contribution >= 4 is 8.32 Å². The lowest BCUT2D eigenvalue weighted by Gasteiger charge is -2.60. The molecule has 0 aromatic heterocycles. The molecule has 3 aliphatic rings. The van der Waals surface area contributed by atoms with Crippen molar-refractivity contribution in [2.45, 2.75) is 130 Å². The van der Waals surface area contributed by atoms with Crippen molar-refractivity contribution in [1.82, 2.24) is 0 Å². The number of methoxy groups -OCH3 is 1. The predicted molar refractivity (Wildman–Crippen MR) is 152 cm³/mol. The highest BCUT2D eigenvalue weighted by molar-refractivity contribution is 6.77. The minimum Gasteiger partial charge on any atom is -0.546 e. The van der Waals surface area contributed by atoms with Gasteiger partial charge in [0.2, 0.25) is 0 Å². The first-order valence-electron chi connectivity index (χ1n) is 14.5. The van der Waals surface area contributed by atoms with Crippen LogP contribution in [0.25, 0.3) is 0 Å². The molecule has 3 aliphatic carbocycles. The average Bonchev–Trinajstić information content (AvgIpc) is 3.18. The van der Waals surface area contributed by atoms with Gasteiger partial charge in [-0.3, -0.25) is 0 Å². The van der Waals surface area contributed by atoms with Gasteiger partial charge in [-0.15, -0.1) is 6.58 Å². The molecule has 208 valence electrons. The number of hydrogen-bond acceptors (Lipinski definition) is 4. The summed E-state index contributed by atoms with van der Waals surface area (Å²) in [5.41, 5.74) is 2.29. The Kier molecular flexibility index (Phi) is 8.73. The largest absolute Gasteiger partial charge is 0.546 e. The molecule has 1 N–H and O–H groups in total. The summed E-state index contributed by atoms with van der Waals surface area (Å²) in [7, 11) is -0.442. The topological polar surface area (TPSA) is 47.9 Å². The van der Waals surface area contributed by atoms with Crippen molar-refractivity contribution in [1.29, 1.82) is 0 Å². The zero-order valence-electron chi connectivity index (χ0n) is 25.2. The van der Waals surface area contributed by atoms with Gasteiger partial charge in [0.15, 0.2) is 0 Å². The molecule has 0 spiro atoms. The molecule has 0 amide bonds. The number of allylic oxidation sites excluding steroid dienone is 1. The van der Waals surface area contributed by atoms with E-state index in [0.29, 0.717) is 29.0 Å². The van der Waals surface area contributed by atoms with Crippen LogP contribution < -0.4 is 0 Å². The second-order valence-corrected chi connectivity index (χ2v) is 19.2. The van der Waals surface area contributed by atoms with Crippen molar-refractivity contribution in [2.75, 3.05) is 13.9 Å². The molecule has 0 radical (unpaired) electrons. The van der Waals surface area contributed by atoms with Crippen LogP contribution in [0, 0.1) is 28.1 Å². The number of aliphatic hydroxyl groups is 1. The van der Waals surface area contributed by atoms with Crippen LogP contribution in [0.1, 0.15) is 101 Å². The van der Waals surface area contributed by atoms with E-state index in [4.69, 9.17) is 13.9 Å². The summed E-state index contributed by atoms with van der Waals surface area (Å²) in [4.78, 5) is 0. The smallest absolute Gasteiger partial charge is 0.258 e. The van der Waals surface area contributed by atoms with Gasteiger partial charge in [-0.1, -0.05) is 75.3 Å². The van der Waals surface area contributed by atoms with E-state index in [0.717, 1.165) is 25.7 Å². The van der Waals surface area contributed by atoms with E-state index in [1.165, 1.54) is 11.3 Å². The first-order chi connectivity index (χ1) is 16.7. The lowest BCUT2D eigenvalue weighted by Crippen LogP contribution is -2.59. The number of aliphatic hydroxyl groups excluding tert-OH is 1. The Morgan fingerprint density at radius 3 is 2.14 bits per heavy atom. The van der Waals surface area contributed by atoms with E-state index in [1.807, 2.05) is 6.08 Å². The summed E-state index contributed by atoms with van der Waals surface area (Å²) < 4.78 is 19.4. The molecule has 36 heavy (non-hydrogen) atoms. The molecule has 5 heteroatoms. The maximum Gasteiger partial charge on any atom is 0.258 e. The van der Waals surface area contributed by atoms with E-state index in [-0.39, 0.29) is 35.1 Å². The highest BCUT2D eigenvalue weighted by Gasteiger charge is 2.64. The predicted octanol–water partition coefficient (Wildman–Crippen LogP) is 8.23. The van der Waals surface area contributed by atoms with Gasteiger partial charge >= 0.3 is 0 Å². The van der Waals surface area contributed by atoms with Gasteiger partial charge in [0.25, 0.3) is 8.32 Å². The molecular weight excluding hydrogens is 464 g/mol. The summed E-state index contributed by atoms with van der Waals surface area (Å²) >= 11 is 0. The van der Waals surface area contributed by atoms with Crippen LogP contribution in [0.2, 0.25) is 16.6 Å². The van der Waals surface area contributed by atoms with Gasteiger partial charge in [-0.05, 0) is 59.7 Å². The standard InChI is InChI=1S/C31H56O4Si/c1-13-29(10)18-26(32)30(11)23(8)14-16-31(24(9)28(29)34-19-33-12)17-15-25(27(30)31)35-36(20(2)3,21(4)5)22(6)7/h13,20-24,26,28,32H,1,14-19H2,2-12H3/t23?,24?,26?,28?,29-,30?,31?/m1/s1. The van der Waals surface area contributed by atoms with Crippen LogP contribution >= 0.6 is 0 Å². The highest BCUT2D eigenvalue weighted by Crippen LogP contribution is 2.69. The van der Waals surface area contributed by atoms with Gasteiger partial charge in [0.05, 0.1) is 18.0 Å². The van der Waals surface area contributed by atoms with Crippen LogP contribution in [0.4, 0.5) is 0 Å². The van der Waals surface area contributed by atoms with Gasteiger partial charge in [0.1, 0.15) is 6.79 Å². The monoisotopic (exact) mass is 520 g/mol. The lowest BCUT2D eigenvalue weighted by molar-refractivity contribution is -0.173. The molecular formula is C31H56O4Si. The van der Waals surface area contributed by atoms with Crippen molar-refractivity contribution in [2.24, 2.45) is 28.1 Å². The molecule has 0 heterocycles. The van der Waals surface area contributed by atoms with Crippen LogP contribution in [-0.4, -0.2) is 39.5 Å². The Morgan fingerprint density at radius 1 is 1.06 bits per heavy atom. The number of hydrogen-bond donors (Lipinski definition) is 1. The molecule has 4 nitrogen and oxygen atoms in total. The molecule has 2 saturated carbocycles. The van der Waals surface area contributed by atoms with Crippen LogP contribution in [0.5, 0.6) is 0 Å². The van der Waals surface area contributed by atoms with Gasteiger partial charge < -0.3 is 19.0 Å². The van der Waals surface area contributed by atoms with Crippen molar-refractivity contribution < 1.29 is 19.0 Å². The summed E-state index contributed by atoms with van der Waals surface area (Å²) in [6.07, 6.45) is 6.38. The summed E-state index contributed by atoms with van der Waals surface area (Å²) in [5.74, 6) is 1.88. The Labute approximate surface area is 223 Å². The van der Waals surface area contributed by atoms with Crippen LogP contribution in [-0.2, 0) is 13.9 Å². The summed E-state index contributed by atoms with van der Waals surface area (Å²) in [5, 5.41) is 12.1. The second-order valence-electron chi connectivity index (χ2n) is 13.8. The molecule has 7 atom stereocenters. The van der Waals surface area contributed by atoms with Gasteiger partial charge in [-0.25, -0.2) is 0 Å². The van der Waals surface area contributed by atoms with Crippen molar-refractivity contribution in [3.8, 4) is 0 Å². The minimum absolute atomic E-state index is 0.0360. The van der Waals surface area contributed by atoms with E-state index >= 15 is 0 Å². The molecule has 2 fully saturated rings. The third-order valence-corrected chi connectivity index (χ3v) is 17.3. The Hall–Kier alpha value is -0.623. The zero-order chi connectivity index (χ0) is 27.3. The molecule has 0 aromatic carbocycles.